The fourth-order valence-electron chi connectivity index (χ4n) is 2.86. The van der Waals surface area contributed by atoms with Crippen molar-refractivity contribution in [2.45, 2.75) is 6.54 Å². The molecule has 0 spiro atoms. The van der Waals surface area contributed by atoms with Crippen LogP contribution in [-0.2, 0) is 6.54 Å². The molecule has 3 rings (SSSR count). The highest BCUT2D eigenvalue weighted by atomic mass is 35.5. The number of nitrogens with zero attached hydrogens (tertiary/aromatic N) is 4. The third-order valence-electron chi connectivity index (χ3n) is 4.25. The van der Waals surface area contributed by atoms with Gasteiger partial charge in [0.1, 0.15) is 0 Å². The summed E-state index contributed by atoms with van der Waals surface area (Å²) < 4.78 is 10.5. The van der Waals surface area contributed by atoms with Gasteiger partial charge in [0.2, 0.25) is 5.95 Å². The second-order valence-corrected chi connectivity index (χ2v) is 5.94. The molecule has 2 aromatic rings. The first-order valence-electron chi connectivity index (χ1n) is 8.50. The Kier molecular flexibility index (Phi) is 7.63. The molecule has 0 bridgehead atoms. The Hall–Kier alpha value is -2.58. The van der Waals surface area contributed by atoms with Gasteiger partial charge < -0.3 is 19.7 Å². The SMILES string of the molecule is CNC(=O)Oc1ccc(CN2CCN(c3ncccn3)CC2)cc1OC.Cl. The van der Waals surface area contributed by atoms with Crippen LogP contribution in [0, 0.1) is 0 Å². The van der Waals surface area contributed by atoms with E-state index in [1.54, 1.807) is 25.6 Å². The van der Waals surface area contributed by atoms with Crippen molar-refractivity contribution >= 4 is 24.4 Å². The normalized spacial score (nSPS) is 14.2. The average molecular weight is 394 g/mol. The minimum atomic E-state index is -0.518. The zero-order valence-electron chi connectivity index (χ0n) is 15.4. The minimum Gasteiger partial charge on any atom is -0.493 e. The molecule has 9 heteroatoms. The predicted octanol–water partition coefficient (Wildman–Crippen LogP) is 1.95. The van der Waals surface area contributed by atoms with E-state index < -0.39 is 6.09 Å². The zero-order chi connectivity index (χ0) is 18.4. The molecule has 0 saturated carbocycles. The quantitative estimate of drug-likeness (QED) is 0.831. The van der Waals surface area contributed by atoms with Crippen molar-refractivity contribution in [2.75, 3.05) is 45.2 Å². The summed E-state index contributed by atoms with van der Waals surface area (Å²) in [5.74, 6) is 1.73. The van der Waals surface area contributed by atoms with Gasteiger partial charge in [-0.15, -0.1) is 12.4 Å². The maximum absolute atomic E-state index is 11.4. The van der Waals surface area contributed by atoms with Crippen LogP contribution in [-0.4, -0.2) is 61.3 Å². The topological polar surface area (TPSA) is 79.8 Å². The van der Waals surface area contributed by atoms with Gasteiger partial charge in [-0.2, -0.15) is 0 Å². The van der Waals surface area contributed by atoms with Gasteiger partial charge in [-0.1, -0.05) is 6.07 Å². The zero-order valence-corrected chi connectivity index (χ0v) is 16.2. The number of rotatable bonds is 5. The van der Waals surface area contributed by atoms with Crippen molar-refractivity contribution in [3.8, 4) is 11.5 Å². The molecule has 1 saturated heterocycles. The van der Waals surface area contributed by atoms with Crippen LogP contribution >= 0.6 is 12.4 Å². The summed E-state index contributed by atoms with van der Waals surface area (Å²) in [6, 6.07) is 7.44. The number of carbonyl (C=O) groups is 1. The maximum Gasteiger partial charge on any atom is 0.412 e. The molecule has 146 valence electrons. The van der Waals surface area contributed by atoms with E-state index in [1.165, 1.54) is 7.05 Å². The second kappa shape index (κ2) is 9.94. The van der Waals surface area contributed by atoms with Gasteiger partial charge in [-0.3, -0.25) is 4.90 Å². The number of methoxy groups -OCH3 is 1. The van der Waals surface area contributed by atoms with Gasteiger partial charge in [0.05, 0.1) is 7.11 Å². The Balaban J connectivity index is 0.00000261. The highest BCUT2D eigenvalue weighted by Crippen LogP contribution is 2.28. The van der Waals surface area contributed by atoms with Crippen molar-refractivity contribution in [2.24, 2.45) is 0 Å². The lowest BCUT2D eigenvalue weighted by atomic mass is 10.1. The van der Waals surface area contributed by atoms with Crippen LogP contribution in [0.1, 0.15) is 5.56 Å². The summed E-state index contributed by atoms with van der Waals surface area (Å²) >= 11 is 0. The van der Waals surface area contributed by atoms with Crippen LogP contribution in [0.3, 0.4) is 0 Å². The number of aromatic nitrogens is 2. The van der Waals surface area contributed by atoms with Crippen LogP contribution in [0.15, 0.2) is 36.7 Å². The number of ether oxygens (including phenoxy) is 2. The predicted molar refractivity (Wildman–Crippen MR) is 105 cm³/mol. The summed E-state index contributed by atoms with van der Waals surface area (Å²) in [6.07, 6.45) is 3.02. The highest BCUT2D eigenvalue weighted by molar-refractivity contribution is 5.85. The van der Waals surface area contributed by atoms with Crippen molar-refractivity contribution in [3.63, 3.8) is 0 Å². The minimum absolute atomic E-state index is 0. The van der Waals surface area contributed by atoms with E-state index in [4.69, 9.17) is 9.47 Å². The summed E-state index contributed by atoms with van der Waals surface area (Å²) in [4.78, 5) is 24.6. The smallest absolute Gasteiger partial charge is 0.412 e. The molecule has 0 radical (unpaired) electrons. The molecule has 0 aliphatic carbocycles. The highest BCUT2D eigenvalue weighted by Gasteiger charge is 2.19. The number of carbonyl (C=O) groups excluding carboxylic acids is 1. The number of nitrogens with one attached hydrogen (secondary N) is 1. The van der Waals surface area contributed by atoms with Crippen molar-refractivity contribution in [1.29, 1.82) is 0 Å². The van der Waals surface area contributed by atoms with E-state index in [0.717, 1.165) is 44.2 Å². The molecule has 1 aliphatic heterocycles. The number of hydrogen-bond donors (Lipinski definition) is 1. The van der Waals surface area contributed by atoms with E-state index >= 15 is 0 Å². The molecule has 1 amide bonds. The van der Waals surface area contributed by atoms with Crippen molar-refractivity contribution in [1.82, 2.24) is 20.2 Å². The van der Waals surface area contributed by atoms with Crippen molar-refractivity contribution < 1.29 is 14.3 Å². The molecule has 1 N–H and O–H groups in total. The first-order valence-corrected chi connectivity index (χ1v) is 8.50. The number of amides is 1. The van der Waals surface area contributed by atoms with Gasteiger partial charge in [-0.25, -0.2) is 14.8 Å². The summed E-state index contributed by atoms with van der Waals surface area (Å²) in [5.41, 5.74) is 1.11. The van der Waals surface area contributed by atoms with Gasteiger partial charge in [0.25, 0.3) is 0 Å². The lowest BCUT2D eigenvalue weighted by molar-refractivity contribution is 0.200. The van der Waals surface area contributed by atoms with E-state index in [9.17, 15) is 4.79 Å². The third-order valence-corrected chi connectivity index (χ3v) is 4.25. The van der Waals surface area contributed by atoms with E-state index in [-0.39, 0.29) is 12.4 Å². The van der Waals surface area contributed by atoms with Crippen LogP contribution in [0.2, 0.25) is 0 Å². The lowest BCUT2D eigenvalue weighted by Gasteiger charge is -2.34. The molecule has 0 unspecified atom stereocenters. The first kappa shape index (κ1) is 20.7. The molecule has 1 aliphatic rings. The third kappa shape index (κ3) is 5.45. The van der Waals surface area contributed by atoms with Gasteiger partial charge in [0.15, 0.2) is 11.5 Å². The Bertz CT molecular complexity index is 739. The monoisotopic (exact) mass is 393 g/mol. The summed E-state index contributed by atoms with van der Waals surface area (Å²) in [7, 11) is 3.08. The van der Waals surface area contributed by atoms with Gasteiger partial charge in [-0.05, 0) is 23.8 Å². The van der Waals surface area contributed by atoms with E-state index in [0.29, 0.717) is 11.5 Å². The van der Waals surface area contributed by atoms with Crippen LogP contribution in [0.4, 0.5) is 10.7 Å². The number of piperazine rings is 1. The number of hydrogen-bond acceptors (Lipinski definition) is 7. The average Bonchev–Trinajstić information content (AvgIpc) is 2.70. The Labute approximate surface area is 164 Å². The number of anilines is 1. The Morgan fingerprint density at radius 1 is 1.15 bits per heavy atom. The first-order chi connectivity index (χ1) is 12.7. The van der Waals surface area contributed by atoms with Gasteiger partial charge in [0, 0.05) is 52.2 Å². The lowest BCUT2D eigenvalue weighted by Crippen LogP contribution is -2.46. The summed E-state index contributed by atoms with van der Waals surface area (Å²) in [5, 5.41) is 2.42. The van der Waals surface area contributed by atoms with E-state index in [2.05, 4.69) is 25.1 Å². The molecule has 1 aromatic heterocycles. The van der Waals surface area contributed by atoms with Crippen LogP contribution < -0.4 is 19.7 Å². The number of benzene rings is 1. The van der Waals surface area contributed by atoms with Crippen molar-refractivity contribution in [3.05, 3.63) is 42.2 Å². The maximum atomic E-state index is 11.4. The Morgan fingerprint density at radius 2 is 1.85 bits per heavy atom. The van der Waals surface area contributed by atoms with Gasteiger partial charge >= 0.3 is 6.09 Å². The standard InChI is InChI=1S/C18H23N5O3.ClH/c1-19-18(24)26-15-5-4-14(12-16(15)25-2)13-22-8-10-23(11-9-22)17-20-6-3-7-21-17;/h3-7,12H,8-11,13H2,1-2H3,(H,19,24);1H. The van der Waals surface area contributed by atoms with Crippen LogP contribution in [0.25, 0.3) is 0 Å². The number of halogens is 1. The molecule has 8 nitrogen and oxygen atoms in total. The molecule has 27 heavy (non-hydrogen) atoms. The second-order valence-electron chi connectivity index (χ2n) is 5.94. The molecular formula is C18H24ClN5O3. The largest absolute Gasteiger partial charge is 0.493 e. The molecule has 1 aromatic carbocycles. The molecule has 0 atom stereocenters. The molecule has 1 fully saturated rings. The van der Waals surface area contributed by atoms with Crippen LogP contribution in [0.5, 0.6) is 11.5 Å². The summed E-state index contributed by atoms with van der Waals surface area (Å²) in [6.45, 7) is 4.44. The molecule has 2 heterocycles. The molecular weight excluding hydrogens is 370 g/mol. The van der Waals surface area contributed by atoms with E-state index in [1.807, 2.05) is 18.2 Å². The fourth-order valence-corrected chi connectivity index (χ4v) is 2.86. The Morgan fingerprint density at radius 3 is 2.48 bits per heavy atom. The fraction of sp³-hybridized carbons (Fsp3) is 0.389.